The van der Waals surface area contributed by atoms with Gasteiger partial charge in [0.2, 0.25) is 0 Å². The van der Waals surface area contributed by atoms with Gasteiger partial charge in [-0.05, 0) is 24.5 Å². The molecular formula is C13H18N4O. The molecule has 0 aliphatic carbocycles. The molecule has 1 aromatic rings. The van der Waals surface area contributed by atoms with E-state index in [1.165, 1.54) is 0 Å². The van der Waals surface area contributed by atoms with Crippen LogP contribution in [0.4, 0.5) is 4.79 Å². The highest BCUT2D eigenvalue weighted by atomic mass is 16.2. The van der Waals surface area contributed by atoms with Crippen LogP contribution in [0.25, 0.3) is 0 Å². The maximum absolute atomic E-state index is 11.8. The molecule has 5 heteroatoms. The number of carbonyl (C=O) groups is 1. The Balaban J connectivity index is 1.91. The average Bonchev–Trinajstić information content (AvgIpc) is 2.90. The molecule has 0 aromatic heterocycles. The third kappa shape index (κ3) is 3.00. The Morgan fingerprint density at radius 3 is 2.78 bits per heavy atom. The van der Waals surface area contributed by atoms with Crippen LogP contribution in [0, 0.1) is 5.41 Å². The number of nitrogen functional groups attached to an aromatic ring is 1. The van der Waals surface area contributed by atoms with Gasteiger partial charge in [0.15, 0.2) is 0 Å². The molecule has 96 valence electrons. The largest absolute Gasteiger partial charge is 0.384 e. The standard InChI is InChI=1S/C13H18N4O/c14-12(15)11-5-3-4-10(8-11)9-16-13(18)17-6-1-2-7-17/h3-5,8H,1-2,6-7,9H2,(H3,14,15)(H,16,18). The lowest BCUT2D eigenvalue weighted by Crippen LogP contribution is -2.37. The van der Waals surface area contributed by atoms with Gasteiger partial charge in [0.05, 0.1) is 0 Å². The Morgan fingerprint density at radius 2 is 2.11 bits per heavy atom. The number of hydrogen-bond acceptors (Lipinski definition) is 2. The SMILES string of the molecule is N=C(N)c1cccc(CNC(=O)N2CCCC2)c1. The lowest BCUT2D eigenvalue weighted by atomic mass is 10.1. The topological polar surface area (TPSA) is 82.2 Å². The third-order valence-electron chi connectivity index (χ3n) is 3.08. The number of benzene rings is 1. The predicted octanol–water partition coefficient (Wildman–Crippen LogP) is 1.28. The van der Waals surface area contributed by atoms with Crippen molar-refractivity contribution in [2.24, 2.45) is 5.73 Å². The number of hydrogen-bond donors (Lipinski definition) is 3. The summed E-state index contributed by atoms with van der Waals surface area (Å²) >= 11 is 0. The molecule has 1 aromatic carbocycles. The van der Waals surface area contributed by atoms with E-state index in [0.29, 0.717) is 12.1 Å². The quantitative estimate of drug-likeness (QED) is 0.554. The van der Waals surface area contributed by atoms with E-state index in [-0.39, 0.29) is 11.9 Å². The summed E-state index contributed by atoms with van der Waals surface area (Å²) in [6.45, 7) is 2.16. The molecule has 0 saturated carbocycles. The van der Waals surface area contributed by atoms with E-state index in [2.05, 4.69) is 5.32 Å². The summed E-state index contributed by atoms with van der Waals surface area (Å²) in [6.07, 6.45) is 2.18. The van der Waals surface area contributed by atoms with E-state index in [9.17, 15) is 4.79 Å². The molecule has 0 bridgehead atoms. The molecule has 2 amide bonds. The van der Waals surface area contributed by atoms with Crippen LogP contribution in [0.15, 0.2) is 24.3 Å². The van der Waals surface area contributed by atoms with E-state index in [4.69, 9.17) is 11.1 Å². The zero-order valence-corrected chi connectivity index (χ0v) is 10.3. The Bertz CT molecular complexity index is 452. The molecule has 1 aliphatic heterocycles. The summed E-state index contributed by atoms with van der Waals surface area (Å²) in [4.78, 5) is 13.6. The zero-order valence-electron chi connectivity index (χ0n) is 10.3. The highest BCUT2D eigenvalue weighted by Gasteiger charge is 2.16. The Morgan fingerprint density at radius 1 is 1.39 bits per heavy atom. The molecule has 1 saturated heterocycles. The number of amides is 2. The van der Waals surface area contributed by atoms with Gasteiger partial charge in [-0.25, -0.2) is 4.79 Å². The first-order chi connectivity index (χ1) is 8.66. The fourth-order valence-electron chi connectivity index (χ4n) is 2.06. The van der Waals surface area contributed by atoms with Gasteiger partial charge in [-0.3, -0.25) is 5.41 Å². The number of carbonyl (C=O) groups excluding carboxylic acids is 1. The lowest BCUT2D eigenvalue weighted by Gasteiger charge is -2.16. The summed E-state index contributed by atoms with van der Waals surface area (Å²) in [5.41, 5.74) is 7.06. The number of nitrogens with one attached hydrogen (secondary N) is 2. The van der Waals surface area contributed by atoms with Crippen LogP contribution in [0.2, 0.25) is 0 Å². The number of likely N-dealkylation sites (tertiary alicyclic amines) is 1. The van der Waals surface area contributed by atoms with Crippen LogP contribution in [-0.2, 0) is 6.54 Å². The lowest BCUT2D eigenvalue weighted by molar-refractivity contribution is 0.208. The van der Waals surface area contributed by atoms with Crippen LogP contribution < -0.4 is 11.1 Å². The minimum Gasteiger partial charge on any atom is -0.384 e. The molecule has 0 atom stereocenters. The molecule has 0 spiro atoms. The minimum atomic E-state index is -0.0132. The summed E-state index contributed by atoms with van der Waals surface area (Å²) in [5, 5.41) is 10.2. The van der Waals surface area contributed by atoms with Crippen molar-refractivity contribution in [2.45, 2.75) is 19.4 Å². The maximum Gasteiger partial charge on any atom is 0.317 e. The third-order valence-corrected chi connectivity index (χ3v) is 3.08. The molecule has 4 N–H and O–H groups in total. The Labute approximate surface area is 106 Å². The molecule has 5 nitrogen and oxygen atoms in total. The number of nitrogens with zero attached hydrogens (tertiary/aromatic N) is 1. The van der Waals surface area contributed by atoms with Gasteiger partial charge in [0, 0.05) is 25.2 Å². The van der Waals surface area contributed by atoms with Crippen LogP contribution in [0.3, 0.4) is 0 Å². The summed E-state index contributed by atoms with van der Waals surface area (Å²) < 4.78 is 0. The first-order valence-electron chi connectivity index (χ1n) is 6.13. The predicted molar refractivity (Wildman–Crippen MR) is 70.5 cm³/mol. The van der Waals surface area contributed by atoms with Crippen molar-refractivity contribution in [1.82, 2.24) is 10.2 Å². The molecule has 1 heterocycles. The second-order valence-electron chi connectivity index (χ2n) is 4.47. The monoisotopic (exact) mass is 246 g/mol. The zero-order chi connectivity index (χ0) is 13.0. The van der Waals surface area contributed by atoms with Crippen molar-refractivity contribution in [3.8, 4) is 0 Å². The number of nitrogens with two attached hydrogens (primary N) is 1. The molecule has 2 rings (SSSR count). The number of amidine groups is 1. The number of rotatable bonds is 3. The van der Waals surface area contributed by atoms with Crippen molar-refractivity contribution in [3.63, 3.8) is 0 Å². The normalized spacial score (nSPS) is 14.6. The smallest absolute Gasteiger partial charge is 0.317 e. The van der Waals surface area contributed by atoms with Gasteiger partial charge in [-0.15, -0.1) is 0 Å². The van der Waals surface area contributed by atoms with Gasteiger partial charge >= 0.3 is 6.03 Å². The molecule has 0 radical (unpaired) electrons. The van der Waals surface area contributed by atoms with E-state index in [1.807, 2.05) is 23.1 Å². The van der Waals surface area contributed by atoms with Crippen LogP contribution in [0.5, 0.6) is 0 Å². The molecule has 1 aliphatic rings. The van der Waals surface area contributed by atoms with Crippen molar-refractivity contribution >= 4 is 11.9 Å². The average molecular weight is 246 g/mol. The van der Waals surface area contributed by atoms with Crippen LogP contribution in [-0.4, -0.2) is 29.9 Å². The highest BCUT2D eigenvalue weighted by Crippen LogP contribution is 2.08. The minimum absolute atomic E-state index is 0.0132. The first-order valence-corrected chi connectivity index (χ1v) is 6.13. The van der Waals surface area contributed by atoms with Gasteiger partial charge in [-0.2, -0.15) is 0 Å². The van der Waals surface area contributed by atoms with Gasteiger partial charge in [0.1, 0.15) is 5.84 Å². The molecule has 18 heavy (non-hydrogen) atoms. The van der Waals surface area contributed by atoms with Crippen molar-refractivity contribution in [3.05, 3.63) is 35.4 Å². The Hall–Kier alpha value is -2.04. The highest BCUT2D eigenvalue weighted by molar-refractivity contribution is 5.95. The summed E-state index contributed by atoms with van der Waals surface area (Å²) in [7, 11) is 0. The molecule has 0 unspecified atom stereocenters. The van der Waals surface area contributed by atoms with Crippen LogP contribution in [0.1, 0.15) is 24.0 Å². The Kier molecular flexibility index (Phi) is 3.82. The van der Waals surface area contributed by atoms with E-state index >= 15 is 0 Å². The second-order valence-corrected chi connectivity index (χ2v) is 4.47. The van der Waals surface area contributed by atoms with Crippen molar-refractivity contribution in [1.29, 1.82) is 5.41 Å². The van der Waals surface area contributed by atoms with E-state index < -0.39 is 0 Å². The molecular weight excluding hydrogens is 228 g/mol. The molecule has 1 fully saturated rings. The first kappa shape index (κ1) is 12.4. The number of urea groups is 1. The van der Waals surface area contributed by atoms with Gasteiger partial charge < -0.3 is 16.0 Å². The summed E-state index contributed by atoms with van der Waals surface area (Å²) in [5.74, 6) is 0.0442. The maximum atomic E-state index is 11.8. The van der Waals surface area contributed by atoms with Gasteiger partial charge in [0.25, 0.3) is 0 Å². The fourth-order valence-corrected chi connectivity index (χ4v) is 2.06. The second kappa shape index (κ2) is 5.53. The van der Waals surface area contributed by atoms with Crippen molar-refractivity contribution < 1.29 is 4.79 Å². The van der Waals surface area contributed by atoms with Gasteiger partial charge in [-0.1, -0.05) is 18.2 Å². The fraction of sp³-hybridized carbons (Fsp3) is 0.385. The van der Waals surface area contributed by atoms with E-state index in [0.717, 1.165) is 31.5 Å². The summed E-state index contributed by atoms with van der Waals surface area (Å²) in [6, 6.07) is 7.35. The van der Waals surface area contributed by atoms with E-state index in [1.54, 1.807) is 6.07 Å². The van der Waals surface area contributed by atoms with Crippen LogP contribution >= 0.6 is 0 Å². The van der Waals surface area contributed by atoms with Crippen molar-refractivity contribution in [2.75, 3.05) is 13.1 Å².